The van der Waals surface area contributed by atoms with Crippen molar-refractivity contribution >= 4 is 15.9 Å². The molecule has 0 radical (unpaired) electrons. The summed E-state index contributed by atoms with van der Waals surface area (Å²) in [7, 11) is 0. The van der Waals surface area contributed by atoms with Crippen LogP contribution >= 0.6 is 15.9 Å². The molecule has 1 unspecified atom stereocenters. The lowest BCUT2D eigenvalue weighted by Crippen LogP contribution is -2.47. The van der Waals surface area contributed by atoms with Crippen LogP contribution in [0, 0.1) is 0 Å². The van der Waals surface area contributed by atoms with Crippen molar-refractivity contribution in [2.75, 3.05) is 26.3 Å². The zero-order valence-electron chi connectivity index (χ0n) is 10.9. The molecule has 1 atom stereocenters. The van der Waals surface area contributed by atoms with Crippen LogP contribution in [-0.2, 0) is 4.74 Å². The van der Waals surface area contributed by atoms with Crippen LogP contribution in [0.1, 0.15) is 13.8 Å². The van der Waals surface area contributed by atoms with Gasteiger partial charge in [-0.05, 0) is 32.0 Å². The molecule has 0 amide bonds. The molecule has 0 N–H and O–H groups in total. The van der Waals surface area contributed by atoms with Gasteiger partial charge in [-0.1, -0.05) is 22.0 Å². The highest BCUT2D eigenvalue weighted by molar-refractivity contribution is 9.10. The summed E-state index contributed by atoms with van der Waals surface area (Å²) in [6.07, 6.45) is 0.167. The summed E-state index contributed by atoms with van der Waals surface area (Å²) in [4.78, 5) is 2.43. The van der Waals surface area contributed by atoms with Crippen LogP contribution in [-0.4, -0.2) is 43.3 Å². The smallest absolute Gasteiger partial charge is 0.120 e. The normalized spacial score (nSPS) is 21.2. The SMILES string of the molecule is CC(C)N1CCOC(COc2cccc(Br)c2)C1. The van der Waals surface area contributed by atoms with Crippen LogP contribution in [0.3, 0.4) is 0 Å². The molecule has 1 heterocycles. The number of rotatable bonds is 4. The molecule has 1 aromatic rings. The Morgan fingerprint density at radius 3 is 3.06 bits per heavy atom. The Labute approximate surface area is 117 Å². The van der Waals surface area contributed by atoms with Crippen LogP contribution < -0.4 is 4.74 Å². The van der Waals surface area contributed by atoms with E-state index < -0.39 is 0 Å². The van der Waals surface area contributed by atoms with Gasteiger partial charge in [-0.3, -0.25) is 4.90 Å². The molecule has 1 fully saturated rings. The molecule has 100 valence electrons. The molecule has 0 spiro atoms. The highest BCUT2D eigenvalue weighted by Crippen LogP contribution is 2.18. The maximum absolute atomic E-state index is 5.77. The van der Waals surface area contributed by atoms with E-state index >= 15 is 0 Å². The average molecular weight is 314 g/mol. The lowest BCUT2D eigenvalue weighted by molar-refractivity contribution is -0.0564. The summed E-state index contributed by atoms with van der Waals surface area (Å²) in [6, 6.07) is 8.48. The summed E-state index contributed by atoms with van der Waals surface area (Å²) in [5.41, 5.74) is 0. The second-order valence-electron chi connectivity index (χ2n) is 4.85. The minimum atomic E-state index is 0.167. The Kier molecular flexibility index (Phi) is 5.03. The second-order valence-corrected chi connectivity index (χ2v) is 5.77. The highest BCUT2D eigenvalue weighted by Gasteiger charge is 2.22. The Bertz CT molecular complexity index is 384. The molecule has 1 aliphatic rings. The number of halogens is 1. The molecule has 0 saturated carbocycles. The number of ether oxygens (including phenoxy) is 2. The second kappa shape index (κ2) is 6.55. The van der Waals surface area contributed by atoms with Crippen LogP contribution in [0.25, 0.3) is 0 Å². The third-order valence-corrected chi connectivity index (χ3v) is 3.63. The van der Waals surface area contributed by atoms with Gasteiger partial charge in [0.2, 0.25) is 0 Å². The highest BCUT2D eigenvalue weighted by atomic mass is 79.9. The Hall–Kier alpha value is -0.580. The Morgan fingerprint density at radius 1 is 1.50 bits per heavy atom. The van der Waals surface area contributed by atoms with Crippen molar-refractivity contribution in [1.29, 1.82) is 0 Å². The molecule has 1 saturated heterocycles. The van der Waals surface area contributed by atoms with Gasteiger partial charge in [0.05, 0.1) is 6.61 Å². The van der Waals surface area contributed by atoms with Gasteiger partial charge in [0.15, 0.2) is 0 Å². The maximum Gasteiger partial charge on any atom is 0.120 e. The summed E-state index contributed by atoms with van der Waals surface area (Å²) in [5.74, 6) is 0.884. The van der Waals surface area contributed by atoms with E-state index in [9.17, 15) is 0 Å². The van der Waals surface area contributed by atoms with Crippen molar-refractivity contribution in [3.05, 3.63) is 28.7 Å². The first-order chi connectivity index (χ1) is 8.65. The fourth-order valence-electron chi connectivity index (χ4n) is 2.06. The molecular weight excluding hydrogens is 294 g/mol. The van der Waals surface area contributed by atoms with Gasteiger partial charge in [-0.25, -0.2) is 0 Å². The molecule has 0 aromatic heterocycles. The summed E-state index contributed by atoms with van der Waals surface area (Å²) in [6.45, 7) is 7.82. The monoisotopic (exact) mass is 313 g/mol. The minimum Gasteiger partial charge on any atom is -0.491 e. The van der Waals surface area contributed by atoms with E-state index in [1.54, 1.807) is 0 Å². The summed E-state index contributed by atoms with van der Waals surface area (Å²) >= 11 is 3.44. The lowest BCUT2D eigenvalue weighted by atomic mass is 10.2. The van der Waals surface area contributed by atoms with Gasteiger partial charge in [-0.2, -0.15) is 0 Å². The first kappa shape index (κ1) is 13.8. The van der Waals surface area contributed by atoms with E-state index in [4.69, 9.17) is 9.47 Å². The Morgan fingerprint density at radius 2 is 2.33 bits per heavy atom. The largest absolute Gasteiger partial charge is 0.491 e. The predicted octanol–water partition coefficient (Wildman–Crippen LogP) is 2.94. The third-order valence-electron chi connectivity index (χ3n) is 3.13. The van der Waals surface area contributed by atoms with Gasteiger partial charge >= 0.3 is 0 Å². The van der Waals surface area contributed by atoms with Gasteiger partial charge in [-0.15, -0.1) is 0 Å². The predicted molar refractivity (Wildman–Crippen MR) is 76.1 cm³/mol. The van der Waals surface area contributed by atoms with E-state index in [-0.39, 0.29) is 6.10 Å². The van der Waals surface area contributed by atoms with Crippen molar-refractivity contribution in [2.45, 2.75) is 26.0 Å². The van der Waals surface area contributed by atoms with Gasteiger partial charge < -0.3 is 9.47 Å². The summed E-state index contributed by atoms with van der Waals surface area (Å²) in [5, 5.41) is 0. The van der Waals surface area contributed by atoms with Crippen molar-refractivity contribution < 1.29 is 9.47 Å². The number of hydrogen-bond donors (Lipinski definition) is 0. The van der Waals surface area contributed by atoms with Crippen LogP contribution in [0.2, 0.25) is 0 Å². The van der Waals surface area contributed by atoms with Gasteiger partial charge in [0.25, 0.3) is 0 Å². The van der Waals surface area contributed by atoms with Crippen molar-refractivity contribution in [1.82, 2.24) is 4.90 Å². The van der Waals surface area contributed by atoms with E-state index in [0.717, 1.165) is 29.9 Å². The Balaban J connectivity index is 1.83. The molecule has 1 aliphatic heterocycles. The minimum absolute atomic E-state index is 0.167. The van der Waals surface area contributed by atoms with E-state index in [1.165, 1.54) is 0 Å². The first-order valence-corrected chi connectivity index (χ1v) is 7.18. The average Bonchev–Trinajstić information content (AvgIpc) is 2.37. The van der Waals surface area contributed by atoms with Gasteiger partial charge in [0.1, 0.15) is 18.5 Å². The van der Waals surface area contributed by atoms with Crippen LogP contribution in [0.15, 0.2) is 28.7 Å². The number of morpholine rings is 1. The number of nitrogens with zero attached hydrogens (tertiary/aromatic N) is 1. The zero-order chi connectivity index (χ0) is 13.0. The number of hydrogen-bond acceptors (Lipinski definition) is 3. The molecule has 3 nitrogen and oxygen atoms in total. The molecule has 4 heteroatoms. The molecular formula is C14H20BrNO2. The topological polar surface area (TPSA) is 21.7 Å². The lowest BCUT2D eigenvalue weighted by Gasteiger charge is -2.35. The molecule has 0 bridgehead atoms. The van der Waals surface area contributed by atoms with Crippen molar-refractivity contribution in [3.63, 3.8) is 0 Å². The first-order valence-electron chi connectivity index (χ1n) is 6.39. The van der Waals surface area contributed by atoms with E-state index in [1.807, 2.05) is 24.3 Å². The van der Waals surface area contributed by atoms with E-state index in [2.05, 4.69) is 34.7 Å². The standard InChI is InChI=1S/C14H20BrNO2/c1-11(2)16-6-7-17-14(9-16)10-18-13-5-3-4-12(15)8-13/h3-5,8,11,14H,6-7,9-10H2,1-2H3. The van der Waals surface area contributed by atoms with Crippen molar-refractivity contribution in [2.24, 2.45) is 0 Å². The maximum atomic E-state index is 5.77. The third kappa shape index (κ3) is 3.97. The van der Waals surface area contributed by atoms with Crippen LogP contribution in [0.5, 0.6) is 5.75 Å². The molecule has 2 rings (SSSR count). The fourth-order valence-corrected chi connectivity index (χ4v) is 2.44. The quantitative estimate of drug-likeness (QED) is 0.853. The van der Waals surface area contributed by atoms with Crippen molar-refractivity contribution in [3.8, 4) is 5.75 Å². The molecule has 18 heavy (non-hydrogen) atoms. The fraction of sp³-hybridized carbons (Fsp3) is 0.571. The van der Waals surface area contributed by atoms with E-state index in [0.29, 0.717) is 12.6 Å². The zero-order valence-corrected chi connectivity index (χ0v) is 12.5. The van der Waals surface area contributed by atoms with Gasteiger partial charge in [0, 0.05) is 23.6 Å². The number of benzene rings is 1. The van der Waals surface area contributed by atoms with Crippen LogP contribution in [0.4, 0.5) is 0 Å². The molecule has 0 aliphatic carbocycles. The molecule has 1 aromatic carbocycles. The summed E-state index contributed by atoms with van der Waals surface area (Å²) < 4.78 is 12.5.